The number of carbonyl (C=O) groups excluding carboxylic acids is 2. The number of thiazole rings is 1. The summed E-state index contributed by atoms with van der Waals surface area (Å²) in [6, 6.07) is -0.148. The molecule has 0 atom stereocenters. The molecule has 0 aromatic carbocycles. The lowest BCUT2D eigenvalue weighted by Gasteiger charge is -2.30. The van der Waals surface area contributed by atoms with Crippen LogP contribution in [0.2, 0.25) is 0 Å². The van der Waals surface area contributed by atoms with Crippen LogP contribution >= 0.6 is 11.3 Å². The second-order valence-corrected chi connectivity index (χ2v) is 9.91. The monoisotopic (exact) mass is 408 g/mol. The van der Waals surface area contributed by atoms with Crippen molar-refractivity contribution in [1.82, 2.24) is 14.8 Å². The first kappa shape index (κ1) is 21.0. The number of rotatable bonds is 2. The first-order valence-electron chi connectivity index (χ1n) is 10.2. The molecule has 2 aliphatic rings. The number of aliphatic hydroxyl groups is 1. The normalized spacial score (nSPS) is 24.0. The van der Waals surface area contributed by atoms with Crippen LogP contribution in [0, 0.1) is 5.92 Å². The predicted octanol–water partition coefficient (Wildman–Crippen LogP) is 3.06. The summed E-state index contributed by atoms with van der Waals surface area (Å²) >= 11 is 1.51. The van der Waals surface area contributed by atoms with Crippen molar-refractivity contribution in [2.45, 2.75) is 64.4 Å². The third kappa shape index (κ3) is 5.23. The Morgan fingerprint density at radius 2 is 1.75 bits per heavy atom. The molecule has 1 aromatic heterocycles. The van der Waals surface area contributed by atoms with Gasteiger partial charge in [0.2, 0.25) is 5.91 Å². The molecule has 0 spiro atoms. The highest BCUT2D eigenvalue weighted by atomic mass is 32.1. The number of aromatic nitrogens is 1. The van der Waals surface area contributed by atoms with Crippen LogP contribution in [0.3, 0.4) is 0 Å². The molecule has 28 heavy (non-hydrogen) atoms. The van der Waals surface area contributed by atoms with Gasteiger partial charge < -0.3 is 14.9 Å². The van der Waals surface area contributed by atoms with Gasteiger partial charge >= 0.3 is 6.03 Å². The topological polar surface area (TPSA) is 85.8 Å². The second-order valence-electron chi connectivity index (χ2n) is 8.88. The molecule has 8 heteroatoms. The summed E-state index contributed by atoms with van der Waals surface area (Å²) < 4.78 is 0. The molecule has 2 fully saturated rings. The molecule has 0 unspecified atom stereocenters. The molecule has 1 aromatic rings. The summed E-state index contributed by atoms with van der Waals surface area (Å²) in [4.78, 5) is 34.6. The highest BCUT2D eigenvalue weighted by Crippen LogP contribution is 2.30. The van der Waals surface area contributed by atoms with Crippen molar-refractivity contribution in [2.75, 3.05) is 31.5 Å². The number of anilines is 1. The third-order valence-corrected chi connectivity index (χ3v) is 6.94. The summed E-state index contributed by atoms with van der Waals surface area (Å²) in [7, 11) is 0. The number of urea groups is 1. The Hall–Kier alpha value is -1.67. The number of aliphatic hydroxyl groups excluding tert-OH is 1. The predicted molar refractivity (Wildman–Crippen MR) is 111 cm³/mol. The van der Waals surface area contributed by atoms with E-state index in [1.165, 1.54) is 11.3 Å². The van der Waals surface area contributed by atoms with Gasteiger partial charge in [-0.25, -0.2) is 9.78 Å². The van der Waals surface area contributed by atoms with Crippen LogP contribution in [0.15, 0.2) is 6.20 Å². The highest BCUT2D eigenvalue weighted by molar-refractivity contribution is 7.15. The average Bonchev–Trinajstić information content (AvgIpc) is 2.98. The van der Waals surface area contributed by atoms with Gasteiger partial charge in [-0.1, -0.05) is 20.8 Å². The zero-order chi connectivity index (χ0) is 20.3. The van der Waals surface area contributed by atoms with Gasteiger partial charge in [-0.05, 0) is 37.5 Å². The van der Waals surface area contributed by atoms with Crippen molar-refractivity contribution in [2.24, 2.45) is 5.92 Å². The quantitative estimate of drug-likeness (QED) is 0.787. The van der Waals surface area contributed by atoms with Gasteiger partial charge in [0.05, 0.1) is 6.10 Å². The van der Waals surface area contributed by atoms with Crippen molar-refractivity contribution in [3.8, 4) is 0 Å². The fourth-order valence-corrected chi connectivity index (χ4v) is 4.63. The number of carbonyl (C=O) groups is 2. The third-order valence-electron chi connectivity index (χ3n) is 5.60. The second kappa shape index (κ2) is 8.78. The van der Waals surface area contributed by atoms with Crippen LogP contribution in [0.4, 0.5) is 9.93 Å². The first-order chi connectivity index (χ1) is 13.2. The van der Waals surface area contributed by atoms with Crippen LogP contribution in [0.1, 0.15) is 57.8 Å². The van der Waals surface area contributed by atoms with Crippen LogP contribution in [-0.2, 0) is 10.2 Å². The molecule has 7 nitrogen and oxygen atoms in total. The van der Waals surface area contributed by atoms with E-state index in [1.54, 1.807) is 4.90 Å². The standard InChI is InChI=1S/C20H32N4O3S/c1-20(2,3)16-13-21-18(28-16)22-19(27)24-10-4-9-23(11-12-24)17(26)14-5-7-15(25)8-6-14/h13-15,25H,4-12H2,1-3H3,(H,21,22,27). The largest absolute Gasteiger partial charge is 0.393 e. The maximum absolute atomic E-state index is 12.8. The minimum absolute atomic E-state index is 0.0132. The van der Waals surface area contributed by atoms with E-state index in [1.807, 2.05) is 11.1 Å². The molecule has 0 radical (unpaired) electrons. The van der Waals surface area contributed by atoms with Crippen molar-refractivity contribution < 1.29 is 14.7 Å². The molecular weight excluding hydrogens is 376 g/mol. The van der Waals surface area contributed by atoms with Crippen LogP contribution in [0.5, 0.6) is 0 Å². The van der Waals surface area contributed by atoms with E-state index in [4.69, 9.17) is 0 Å². The van der Waals surface area contributed by atoms with Crippen molar-refractivity contribution in [1.29, 1.82) is 0 Å². The number of nitrogens with zero attached hydrogens (tertiary/aromatic N) is 3. The van der Waals surface area contributed by atoms with Gasteiger partial charge in [-0.15, -0.1) is 11.3 Å². The summed E-state index contributed by atoms with van der Waals surface area (Å²) in [5.74, 6) is 0.207. The van der Waals surface area contributed by atoms with Gasteiger partial charge in [0.25, 0.3) is 0 Å². The van der Waals surface area contributed by atoms with Crippen LogP contribution in [-0.4, -0.2) is 64.1 Å². The number of amides is 3. The molecule has 3 amide bonds. The lowest BCUT2D eigenvalue weighted by Crippen LogP contribution is -2.42. The molecule has 1 aliphatic carbocycles. The van der Waals surface area contributed by atoms with E-state index in [0.29, 0.717) is 44.2 Å². The summed E-state index contributed by atoms with van der Waals surface area (Å²) in [5, 5.41) is 13.2. The SMILES string of the molecule is CC(C)(C)c1cnc(NC(=O)N2CCCN(C(=O)C3CCC(O)CC3)CC2)s1. The highest BCUT2D eigenvalue weighted by Gasteiger charge is 2.30. The summed E-state index contributed by atoms with van der Waals surface area (Å²) in [6.45, 7) is 8.79. The van der Waals surface area contributed by atoms with Crippen LogP contribution < -0.4 is 5.32 Å². The fourth-order valence-electron chi connectivity index (χ4n) is 3.77. The minimum atomic E-state index is -0.253. The van der Waals surface area contributed by atoms with E-state index in [-0.39, 0.29) is 29.4 Å². The molecule has 2 N–H and O–H groups in total. The zero-order valence-corrected chi connectivity index (χ0v) is 17.9. The van der Waals surface area contributed by atoms with E-state index in [0.717, 1.165) is 24.1 Å². The minimum Gasteiger partial charge on any atom is -0.393 e. The van der Waals surface area contributed by atoms with Crippen LogP contribution in [0.25, 0.3) is 0 Å². The molecule has 1 saturated heterocycles. The van der Waals surface area contributed by atoms with E-state index in [9.17, 15) is 14.7 Å². The van der Waals surface area contributed by atoms with Gasteiger partial charge in [-0.3, -0.25) is 10.1 Å². The Bertz CT molecular complexity index is 692. The van der Waals surface area contributed by atoms with Gasteiger partial charge in [0, 0.05) is 43.2 Å². The summed E-state index contributed by atoms with van der Waals surface area (Å²) in [6.07, 6.45) is 5.30. The van der Waals surface area contributed by atoms with Gasteiger partial charge in [0.15, 0.2) is 5.13 Å². The maximum atomic E-state index is 12.8. The molecule has 0 bridgehead atoms. The Morgan fingerprint density at radius 3 is 2.39 bits per heavy atom. The number of hydrogen-bond donors (Lipinski definition) is 2. The maximum Gasteiger partial charge on any atom is 0.323 e. The van der Waals surface area contributed by atoms with E-state index < -0.39 is 0 Å². The lowest BCUT2D eigenvalue weighted by atomic mass is 9.86. The Labute approximate surface area is 171 Å². The smallest absolute Gasteiger partial charge is 0.323 e. The van der Waals surface area contributed by atoms with Crippen molar-refractivity contribution in [3.63, 3.8) is 0 Å². The van der Waals surface area contributed by atoms with Gasteiger partial charge in [0.1, 0.15) is 0 Å². The summed E-state index contributed by atoms with van der Waals surface area (Å²) in [5.41, 5.74) is 0.0132. The van der Waals surface area contributed by atoms with E-state index in [2.05, 4.69) is 31.1 Å². The Kier molecular flexibility index (Phi) is 6.60. The number of nitrogens with one attached hydrogen (secondary N) is 1. The van der Waals surface area contributed by atoms with Crippen molar-refractivity contribution in [3.05, 3.63) is 11.1 Å². The fraction of sp³-hybridized carbons (Fsp3) is 0.750. The number of hydrogen-bond acceptors (Lipinski definition) is 5. The molecular formula is C20H32N4O3S. The molecule has 3 rings (SSSR count). The zero-order valence-electron chi connectivity index (χ0n) is 17.1. The van der Waals surface area contributed by atoms with Gasteiger partial charge in [-0.2, -0.15) is 0 Å². The molecule has 156 valence electrons. The molecule has 1 aliphatic heterocycles. The van der Waals surface area contributed by atoms with E-state index >= 15 is 0 Å². The Morgan fingerprint density at radius 1 is 1.11 bits per heavy atom. The Balaban J connectivity index is 1.52. The lowest BCUT2D eigenvalue weighted by molar-refractivity contribution is -0.137. The first-order valence-corrected chi connectivity index (χ1v) is 11.0. The molecule has 2 heterocycles. The average molecular weight is 409 g/mol. The molecule has 1 saturated carbocycles. The van der Waals surface area contributed by atoms with Crippen molar-refractivity contribution >= 4 is 28.4 Å².